The molecule has 39 heavy (non-hydrogen) atoms. The minimum Gasteiger partial charge on any atom is -0.491 e. The molecule has 9 heteroatoms. The normalized spacial score (nSPS) is 30.3. The Hall–Kier alpha value is -2.39. The summed E-state index contributed by atoms with van der Waals surface area (Å²) in [5, 5.41) is 14.8. The Kier molecular flexibility index (Phi) is 8.96. The van der Waals surface area contributed by atoms with Crippen LogP contribution < -0.4 is 19.7 Å². The average molecular weight is 572 g/mol. The van der Waals surface area contributed by atoms with Crippen LogP contribution >= 0.6 is 11.6 Å². The van der Waals surface area contributed by atoms with Gasteiger partial charge < -0.3 is 20.1 Å². The first kappa shape index (κ1) is 28.1. The van der Waals surface area contributed by atoms with E-state index in [1.54, 1.807) is 13.0 Å². The summed E-state index contributed by atoms with van der Waals surface area (Å²) in [4.78, 5) is 15.5. The zero-order valence-corrected chi connectivity index (χ0v) is 24.1. The van der Waals surface area contributed by atoms with Crippen LogP contribution in [-0.2, 0) is 22.2 Å². The van der Waals surface area contributed by atoms with Crippen LogP contribution in [0.4, 0.5) is 5.69 Å². The van der Waals surface area contributed by atoms with E-state index in [9.17, 15) is 14.1 Å². The molecule has 0 spiro atoms. The van der Waals surface area contributed by atoms with Gasteiger partial charge in [-0.3, -0.25) is 9.52 Å². The maximum absolute atomic E-state index is 13.2. The highest BCUT2D eigenvalue weighted by molar-refractivity contribution is 7.83. The van der Waals surface area contributed by atoms with Gasteiger partial charge in [0.05, 0.1) is 29.3 Å². The van der Waals surface area contributed by atoms with Gasteiger partial charge in [-0.25, -0.2) is 4.21 Å². The van der Waals surface area contributed by atoms with Crippen LogP contribution in [0.1, 0.15) is 50.2 Å². The molecule has 3 aliphatic rings. The fourth-order valence-electron chi connectivity index (χ4n) is 5.89. The number of carbonyl (C=O) groups is 1. The van der Waals surface area contributed by atoms with Crippen molar-refractivity contribution in [2.45, 2.75) is 62.5 Å². The van der Waals surface area contributed by atoms with Gasteiger partial charge in [-0.05, 0) is 79.5 Å². The minimum atomic E-state index is -1.71. The molecule has 2 aromatic carbocycles. The number of hydrogen-bond acceptors (Lipinski definition) is 6. The molecule has 4 unspecified atom stereocenters. The van der Waals surface area contributed by atoms with Gasteiger partial charge in [0.25, 0.3) is 0 Å². The number of aliphatic hydroxyl groups is 1. The first-order chi connectivity index (χ1) is 18.8. The van der Waals surface area contributed by atoms with Crippen LogP contribution in [0.2, 0.25) is 5.02 Å². The lowest BCUT2D eigenvalue weighted by molar-refractivity contribution is -0.120. The second kappa shape index (κ2) is 12.4. The van der Waals surface area contributed by atoms with E-state index in [0.717, 1.165) is 55.2 Å². The third-order valence-electron chi connectivity index (χ3n) is 8.26. The number of aliphatic hydroxyl groups excluding tert-OH is 1. The molecule has 0 radical (unpaired) electrons. The number of halogens is 1. The number of carbonyl (C=O) groups excluding carboxylic acids is 1. The Labute approximate surface area is 238 Å². The van der Waals surface area contributed by atoms with E-state index in [0.29, 0.717) is 24.0 Å². The number of ether oxygens (including phenoxy) is 1. The van der Waals surface area contributed by atoms with Crippen LogP contribution in [0.25, 0.3) is 0 Å². The van der Waals surface area contributed by atoms with Gasteiger partial charge in [0.1, 0.15) is 5.75 Å². The Morgan fingerprint density at radius 2 is 2.03 bits per heavy atom. The molecule has 1 amide bonds. The van der Waals surface area contributed by atoms with E-state index < -0.39 is 23.1 Å². The van der Waals surface area contributed by atoms with Gasteiger partial charge in [0, 0.05) is 30.6 Å². The Bertz CT molecular complexity index is 1250. The number of aryl methyl sites for hydroxylation is 1. The summed E-state index contributed by atoms with van der Waals surface area (Å²) in [5.74, 6) is 1.01. The number of anilines is 1. The first-order valence-electron chi connectivity index (χ1n) is 13.9. The number of benzene rings is 2. The van der Waals surface area contributed by atoms with Crippen molar-refractivity contribution < 1.29 is 18.8 Å². The molecule has 0 saturated heterocycles. The maximum atomic E-state index is 13.2. The molecule has 5 rings (SSSR count). The maximum Gasteiger partial charge on any atom is 0.248 e. The molecule has 6 atom stereocenters. The smallest absolute Gasteiger partial charge is 0.248 e. The second-order valence-electron chi connectivity index (χ2n) is 10.9. The van der Waals surface area contributed by atoms with Crippen molar-refractivity contribution in [3.8, 4) is 5.75 Å². The lowest BCUT2D eigenvalue weighted by atomic mass is 9.70. The van der Waals surface area contributed by atoms with Crippen molar-refractivity contribution in [2.24, 2.45) is 11.8 Å². The van der Waals surface area contributed by atoms with Crippen LogP contribution in [0.15, 0.2) is 53.4 Å². The van der Waals surface area contributed by atoms with Crippen LogP contribution in [-0.4, -0.2) is 53.6 Å². The standard InChI is InChI=1S/C30H38ClN3O4S/c1-3-5-20-14-23(31)8-11-25(20)22-17-34-16-21-7-10-26(21)28(35)6-4-13-32-19(2)30(36)33-39(37)24-9-12-29(38-18-22)27(34)15-24/h4,6,8-9,11-12,14-15,19,21-22,26,28,32,35H,3,5,7,10,13,16-18H2,1-2H3,(H,33,36)/b6-4+/t19-,21+,22?,26?,28?,39?/m1/s1. The fraction of sp³-hybridized carbons (Fsp3) is 0.500. The second-order valence-corrected chi connectivity index (χ2v) is 12.6. The summed E-state index contributed by atoms with van der Waals surface area (Å²) in [5.41, 5.74) is 3.36. The van der Waals surface area contributed by atoms with Gasteiger partial charge in [-0.2, -0.15) is 0 Å². The zero-order chi connectivity index (χ0) is 27.5. The van der Waals surface area contributed by atoms with Crippen molar-refractivity contribution in [3.05, 3.63) is 64.7 Å². The summed E-state index contributed by atoms with van der Waals surface area (Å²) < 4.78 is 22.2. The number of nitrogens with zero attached hydrogens (tertiary/aromatic N) is 1. The molecule has 2 bridgehead atoms. The summed E-state index contributed by atoms with van der Waals surface area (Å²) in [6.45, 7) is 6.35. The van der Waals surface area contributed by atoms with Gasteiger partial charge in [-0.15, -0.1) is 0 Å². The fourth-order valence-corrected chi connectivity index (χ4v) is 6.97. The van der Waals surface area contributed by atoms with Crippen molar-refractivity contribution >= 4 is 34.2 Å². The van der Waals surface area contributed by atoms with E-state index in [-0.39, 0.29) is 17.7 Å². The highest BCUT2D eigenvalue weighted by Crippen LogP contribution is 2.42. The topological polar surface area (TPSA) is 90.9 Å². The molecule has 210 valence electrons. The molecule has 2 heterocycles. The number of amides is 1. The highest BCUT2D eigenvalue weighted by atomic mass is 35.5. The lowest BCUT2D eigenvalue weighted by Crippen LogP contribution is -2.44. The first-order valence-corrected chi connectivity index (χ1v) is 15.5. The van der Waals surface area contributed by atoms with Gasteiger partial charge in [0.2, 0.25) is 5.91 Å². The highest BCUT2D eigenvalue weighted by Gasteiger charge is 2.38. The Balaban J connectivity index is 1.52. The molecular weight excluding hydrogens is 534 g/mol. The van der Waals surface area contributed by atoms with E-state index in [1.807, 2.05) is 30.4 Å². The summed E-state index contributed by atoms with van der Waals surface area (Å²) in [7, 11) is -1.71. The van der Waals surface area contributed by atoms with Gasteiger partial charge in [-0.1, -0.05) is 43.2 Å². The monoisotopic (exact) mass is 571 g/mol. The summed E-state index contributed by atoms with van der Waals surface area (Å²) >= 11 is 6.37. The third-order valence-corrected chi connectivity index (χ3v) is 9.57. The summed E-state index contributed by atoms with van der Waals surface area (Å²) in [6, 6.07) is 11.1. The number of hydrogen-bond donors (Lipinski definition) is 3. The molecule has 3 N–H and O–H groups in total. The zero-order valence-electron chi connectivity index (χ0n) is 22.6. The van der Waals surface area contributed by atoms with Gasteiger partial charge in [0.15, 0.2) is 11.0 Å². The largest absolute Gasteiger partial charge is 0.491 e. The van der Waals surface area contributed by atoms with Crippen molar-refractivity contribution in [1.82, 2.24) is 10.0 Å². The average Bonchev–Trinajstić information content (AvgIpc) is 3.07. The van der Waals surface area contributed by atoms with Crippen molar-refractivity contribution in [3.63, 3.8) is 0 Å². The molecule has 2 aromatic rings. The van der Waals surface area contributed by atoms with Crippen LogP contribution in [0.3, 0.4) is 0 Å². The van der Waals surface area contributed by atoms with Gasteiger partial charge >= 0.3 is 0 Å². The third kappa shape index (κ3) is 6.35. The lowest BCUT2D eigenvalue weighted by Gasteiger charge is -2.42. The van der Waals surface area contributed by atoms with Crippen molar-refractivity contribution in [2.75, 3.05) is 31.1 Å². The Morgan fingerprint density at radius 3 is 2.79 bits per heavy atom. The van der Waals surface area contributed by atoms with E-state index in [4.69, 9.17) is 16.3 Å². The number of rotatable bonds is 3. The minimum absolute atomic E-state index is 0.116. The molecule has 2 aliphatic heterocycles. The van der Waals surface area contributed by atoms with Crippen LogP contribution in [0.5, 0.6) is 5.75 Å². The quantitative estimate of drug-likeness (QED) is 0.475. The predicted molar refractivity (Wildman–Crippen MR) is 156 cm³/mol. The molecule has 0 aromatic heterocycles. The van der Waals surface area contributed by atoms with Crippen LogP contribution in [0, 0.1) is 11.8 Å². The molecule has 1 saturated carbocycles. The van der Waals surface area contributed by atoms with E-state index in [1.165, 1.54) is 11.1 Å². The molecule has 1 aliphatic carbocycles. The predicted octanol–water partition coefficient (Wildman–Crippen LogP) is 4.35. The molecule has 7 nitrogen and oxygen atoms in total. The Morgan fingerprint density at radius 1 is 1.18 bits per heavy atom. The van der Waals surface area contributed by atoms with E-state index in [2.05, 4.69) is 34.0 Å². The summed E-state index contributed by atoms with van der Waals surface area (Å²) in [6.07, 6.45) is 7.17. The number of nitrogens with one attached hydrogen (secondary N) is 2. The SMILES string of the molecule is CCCc1cc(Cl)ccc1C1COc2ccc3cc2N(C1)C[C@@H]1CCC1C(O)/C=C/CN[C@H](C)C(=O)NS3=O. The number of fused-ring (bicyclic) bond motifs is 2. The van der Waals surface area contributed by atoms with E-state index >= 15 is 0 Å². The molecule has 1 fully saturated rings. The molecular formula is C30H38ClN3O4S. The van der Waals surface area contributed by atoms with Crippen molar-refractivity contribution in [1.29, 1.82) is 0 Å².